The van der Waals surface area contributed by atoms with Crippen molar-refractivity contribution in [3.63, 3.8) is 0 Å². The van der Waals surface area contributed by atoms with Crippen LogP contribution in [-0.2, 0) is 12.6 Å². The average molecular weight is 397 g/mol. The first kappa shape index (κ1) is 20.1. The van der Waals surface area contributed by atoms with Crippen LogP contribution in [0.1, 0.15) is 30.0 Å². The monoisotopic (exact) mass is 397 g/mol. The number of nitrogens with zero attached hydrogens (tertiary/aromatic N) is 3. The van der Waals surface area contributed by atoms with Crippen molar-refractivity contribution in [3.05, 3.63) is 71.4 Å². The Hall–Kier alpha value is -3.60. The van der Waals surface area contributed by atoms with Gasteiger partial charge in [-0.2, -0.15) is 23.4 Å². The molecular weight excluding hydrogens is 379 g/mol. The molecule has 0 unspecified atom stereocenters. The van der Waals surface area contributed by atoms with Gasteiger partial charge in [0.25, 0.3) is 0 Å². The van der Waals surface area contributed by atoms with Crippen LogP contribution in [0.15, 0.2) is 54.7 Å². The summed E-state index contributed by atoms with van der Waals surface area (Å²) in [5.41, 5.74) is 1.65. The first-order valence-electron chi connectivity index (χ1n) is 8.96. The van der Waals surface area contributed by atoms with E-state index < -0.39 is 11.7 Å². The van der Waals surface area contributed by atoms with E-state index in [4.69, 9.17) is 5.26 Å². The van der Waals surface area contributed by atoms with E-state index in [2.05, 4.69) is 27.5 Å². The molecule has 5 nitrogen and oxygen atoms in total. The predicted octanol–water partition coefficient (Wildman–Crippen LogP) is 5.81. The van der Waals surface area contributed by atoms with Crippen LogP contribution in [0.25, 0.3) is 0 Å². The number of alkyl halides is 3. The van der Waals surface area contributed by atoms with Crippen LogP contribution in [-0.4, -0.2) is 9.97 Å². The molecule has 0 aliphatic rings. The van der Waals surface area contributed by atoms with Gasteiger partial charge >= 0.3 is 6.18 Å². The molecule has 0 atom stereocenters. The number of aryl methyl sites for hydroxylation is 1. The van der Waals surface area contributed by atoms with Gasteiger partial charge in [-0.25, -0.2) is 4.98 Å². The van der Waals surface area contributed by atoms with Gasteiger partial charge < -0.3 is 10.6 Å². The van der Waals surface area contributed by atoms with Crippen LogP contribution >= 0.6 is 0 Å². The molecule has 3 aromatic rings. The van der Waals surface area contributed by atoms with E-state index in [1.165, 1.54) is 29.8 Å². The van der Waals surface area contributed by atoms with Gasteiger partial charge in [-0.3, -0.25) is 0 Å². The summed E-state index contributed by atoms with van der Waals surface area (Å²) >= 11 is 0. The lowest BCUT2D eigenvalue weighted by Crippen LogP contribution is -2.12. The Morgan fingerprint density at radius 1 is 0.966 bits per heavy atom. The molecule has 8 heteroatoms. The number of nitriles is 1. The molecule has 0 bridgehead atoms. The largest absolute Gasteiger partial charge is 0.421 e. The van der Waals surface area contributed by atoms with Crippen molar-refractivity contribution in [2.45, 2.75) is 25.9 Å². The quantitative estimate of drug-likeness (QED) is 0.549. The zero-order valence-corrected chi connectivity index (χ0v) is 15.6. The minimum Gasteiger partial charge on any atom is -0.340 e. The van der Waals surface area contributed by atoms with Crippen LogP contribution in [0.3, 0.4) is 0 Å². The first-order valence-corrected chi connectivity index (χ1v) is 8.96. The summed E-state index contributed by atoms with van der Waals surface area (Å²) in [7, 11) is 0. The predicted molar refractivity (Wildman–Crippen MR) is 105 cm³/mol. The van der Waals surface area contributed by atoms with Gasteiger partial charge in [-0.1, -0.05) is 25.5 Å². The third-order valence-corrected chi connectivity index (χ3v) is 4.12. The summed E-state index contributed by atoms with van der Waals surface area (Å²) in [6.45, 7) is 2.09. The third kappa shape index (κ3) is 5.23. The van der Waals surface area contributed by atoms with Gasteiger partial charge in [-0.05, 0) is 48.4 Å². The number of anilines is 4. The second kappa shape index (κ2) is 8.61. The SMILES string of the molecule is CCCc1ccc(Nc2ncc(C(F)(F)F)c(Nc3ccc(C#N)cc3)n2)cc1. The molecule has 2 N–H and O–H groups in total. The summed E-state index contributed by atoms with van der Waals surface area (Å²) < 4.78 is 40.1. The number of halogens is 3. The number of aromatic nitrogens is 2. The van der Waals surface area contributed by atoms with Crippen LogP contribution in [0.4, 0.5) is 36.3 Å². The zero-order valence-electron chi connectivity index (χ0n) is 15.6. The molecule has 2 aromatic carbocycles. The minimum absolute atomic E-state index is 0.0392. The molecule has 0 radical (unpaired) electrons. The second-order valence-corrected chi connectivity index (χ2v) is 6.34. The number of nitrogens with one attached hydrogen (secondary N) is 2. The number of rotatable bonds is 6. The van der Waals surface area contributed by atoms with Crippen LogP contribution in [0.2, 0.25) is 0 Å². The molecule has 3 rings (SSSR count). The maximum Gasteiger partial charge on any atom is 0.421 e. The van der Waals surface area contributed by atoms with E-state index in [-0.39, 0.29) is 11.8 Å². The summed E-state index contributed by atoms with van der Waals surface area (Å²) in [6, 6.07) is 15.6. The van der Waals surface area contributed by atoms with Gasteiger partial charge in [0.15, 0.2) is 0 Å². The summed E-state index contributed by atoms with van der Waals surface area (Å²) in [5, 5.41) is 14.4. The standard InChI is InChI=1S/C21H18F3N5/c1-2-3-14-4-8-17(9-5-14)28-20-26-13-18(21(22,23)24)19(29-20)27-16-10-6-15(12-25)7-11-16/h4-11,13H,2-3H2,1H3,(H2,26,27,28,29). The van der Waals surface area contributed by atoms with Gasteiger partial charge in [-0.15, -0.1) is 0 Å². The normalized spacial score (nSPS) is 11.0. The van der Waals surface area contributed by atoms with E-state index in [9.17, 15) is 13.2 Å². The Kier molecular flexibility index (Phi) is 5.98. The van der Waals surface area contributed by atoms with Crippen molar-refractivity contribution in [3.8, 4) is 6.07 Å². The van der Waals surface area contributed by atoms with Crippen molar-refractivity contribution in [1.29, 1.82) is 5.26 Å². The third-order valence-electron chi connectivity index (χ3n) is 4.12. The van der Waals surface area contributed by atoms with Crippen molar-refractivity contribution in [2.24, 2.45) is 0 Å². The molecule has 0 aliphatic carbocycles. The topological polar surface area (TPSA) is 73.6 Å². The van der Waals surface area contributed by atoms with Gasteiger partial charge in [0.05, 0.1) is 11.6 Å². The van der Waals surface area contributed by atoms with Crippen molar-refractivity contribution in [2.75, 3.05) is 10.6 Å². The highest BCUT2D eigenvalue weighted by Gasteiger charge is 2.35. The van der Waals surface area contributed by atoms with Crippen LogP contribution < -0.4 is 10.6 Å². The second-order valence-electron chi connectivity index (χ2n) is 6.34. The maximum atomic E-state index is 13.4. The van der Waals surface area contributed by atoms with E-state index >= 15 is 0 Å². The molecular formula is C21H18F3N5. The van der Waals surface area contributed by atoms with Gasteiger partial charge in [0.2, 0.25) is 5.95 Å². The molecule has 29 heavy (non-hydrogen) atoms. The van der Waals surface area contributed by atoms with E-state index in [0.717, 1.165) is 19.0 Å². The molecule has 148 valence electrons. The highest BCUT2D eigenvalue weighted by atomic mass is 19.4. The number of hydrogen-bond acceptors (Lipinski definition) is 5. The molecule has 0 fully saturated rings. The molecule has 0 saturated heterocycles. The molecule has 1 heterocycles. The Labute approximate surface area is 166 Å². The summed E-state index contributed by atoms with van der Waals surface area (Å²) in [6.07, 6.45) is -1.89. The zero-order chi connectivity index (χ0) is 20.9. The molecule has 0 saturated carbocycles. The fourth-order valence-electron chi connectivity index (χ4n) is 2.68. The number of hydrogen-bond donors (Lipinski definition) is 2. The first-order chi connectivity index (χ1) is 13.9. The number of benzene rings is 2. The van der Waals surface area contributed by atoms with Crippen LogP contribution in [0.5, 0.6) is 0 Å². The molecule has 0 aliphatic heterocycles. The molecule has 0 spiro atoms. The maximum absolute atomic E-state index is 13.4. The van der Waals surface area contributed by atoms with Crippen molar-refractivity contribution >= 4 is 23.1 Å². The van der Waals surface area contributed by atoms with E-state index in [1.807, 2.05) is 30.3 Å². The Balaban J connectivity index is 1.87. The van der Waals surface area contributed by atoms with E-state index in [0.29, 0.717) is 16.9 Å². The lowest BCUT2D eigenvalue weighted by molar-refractivity contribution is -0.137. The Bertz CT molecular complexity index is 1010. The highest BCUT2D eigenvalue weighted by molar-refractivity contribution is 5.63. The smallest absolute Gasteiger partial charge is 0.340 e. The molecule has 1 aromatic heterocycles. The minimum atomic E-state index is -4.62. The van der Waals surface area contributed by atoms with Crippen molar-refractivity contribution < 1.29 is 13.2 Å². The summed E-state index contributed by atoms with van der Waals surface area (Å²) in [5.74, 6) is -0.334. The van der Waals surface area contributed by atoms with Crippen LogP contribution in [0, 0.1) is 11.3 Å². The fraction of sp³-hybridized carbons (Fsp3) is 0.190. The lowest BCUT2D eigenvalue weighted by Gasteiger charge is -2.15. The van der Waals surface area contributed by atoms with Gasteiger partial charge in [0, 0.05) is 17.6 Å². The highest BCUT2D eigenvalue weighted by Crippen LogP contribution is 2.35. The fourth-order valence-corrected chi connectivity index (χ4v) is 2.68. The Morgan fingerprint density at radius 3 is 2.17 bits per heavy atom. The molecule has 0 amide bonds. The summed E-state index contributed by atoms with van der Waals surface area (Å²) in [4.78, 5) is 7.82. The lowest BCUT2D eigenvalue weighted by atomic mass is 10.1. The Morgan fingerprint density at radius 2 is 1.59 bits per heavy atom. The average Bonchev–Trinajstić information content (AvgIpc) is 2.69. The van der Waals surface area contributed by atoms with Crippen molar-refractivity contribution in [1.82, 2.24) is 9.97 Å². The van der Waals surface area contributed by atoms with Gasteiger partial charge in [0.1, 0.15) is 11.4 Å². The van der Waals surface area contributed by atoms with E-state index in [1.54, 1.807) is 0 Å².